The average molecular weight is 456 g/mol. The minimum Gasteiger partial charge on any atom is -0.482 e. The lowest BCUT2D eigenvalue weighted by molar-refractivity contribution is -0.143. The number of nitrogens with zero attached hydrogens (tertiary/aromatic N) is 3. The highest BCUT2D eigenvalue weighted by Gasteiger charge is 2.20. The molecule has 0 aliphatic heterocycles. The van der Waals surface area contributed by atoms with E-state index >= 15 is 0 Å². The second-order valence-corrected chi connectivity index (χ2v) is 6.46. The Hall–Kier alpha value is -4.41. The van der Waals surface area contributed by atoms with E-state index < -0.39 is 17.8 Å². The summed E-state index contributed by atoms with van der Waals surface area (Å²) in [5, 5.41) is 0. The van der Waals surface area contributed by atoms with Gasteiger partial charge < -0.3 is 24.7 Å². The molecule has 1 heterocycles. The van der Waals surface area contributed by atoms with Crippen LogP contribution < -0.4 is 20.1 Å². The van der Waals surface area contributed by atoms with Crippen molar-refractivity contribution >= 4 is 35.1 Å². The molecule has 10 nitrogen and oxygen atoms in total. The number of benzene rings is 2. The van der Waals surface area contributed by atoms with Crippen molar-refractivity contribution in [2.75, 3.05) is 38.1 Å². The van der Waals surface area contributed by atoms with E-state index in [4.69, 9.17) is 15.2 Å². The molecule has 33 heavy (non-hydrogen) atoms. The third kappa shape index (κ3) is 6.06. The standard InChI is InChI=1S/C22H21FN4O6/c1-30-19(28)12-32-16-7-3-5-14(9-16)27(21-18(23)11-25-22(24)26-21)15-6-4-8-17(10-15)33-13-20(29)31-2/h3-11H,12-13H2,1-2H3,(H2,24,25,26). The van der Waals surface area contributed by atoms with Gasteiger partial charge in [0.25, 0.3) is 0 Å². The molecule has 0 atom stereocenters. The molecule has 0 aliphatic carbocycles. The predicted molar refractivity (Wildman–Crippen MR) is 116 cm³/mol. The molecule has 172 valence electrons. The second-order valence-electron chi connectivity index (χ2n) is 6.46. The average Bonchev–Trinajstić information content (AvgIpc) is 2.84. The van der Waals surface area contributed by atoms with Crippen LogP contribution in [-0.4, -0.2) is 49.3 Å². The molecule has 0 spiro atoms. The number of nitrogen functional groups attached to an aromatic ring is 1. The third-order valence-corrected chi connectivity index (χ3v) is 4.28. The Morgan fingerprint density at radius 2 is 1.45 bits per heavy atom. The molecule has 0 saturated carbocycles. The van der Waals surface area contributed by atoms with Crippen LogP contribution in [0.1, 0.15) is 0 Å². The van der Waals surface area contributed by atoms with E-state index in [1.165, 1.54) is 19.1 Å². The molecule has 0 aliphatic rings. The number of hydrogen-bond acceptors (Lipinski definition) is 10. The Morgan fingerprint density at radius 1 is 0.939 bits per heavy atom. The summed E-state index contributed by atoms with van der Waals surface area (Å²) in [6, 6.07) is 13.1. The summed E-state index contributed by atoms with van der Waals surface area (Å²) in [4.78, 5) is 32.0. The highest BCUT2D eigenvalue weighted by atomic mass is 19.1. The number of esters is 2. The number of halogens is 1. The van der Waals surface area contributed by atoms with Crippen molar-refractivity contribution in [3.05, 3.63) is 60.5 Å². The molecular formula is C22H21FN4O6. The molecule has 0 unspecified atom stereocenters. The van der Waals surface area contributed by atoms with Gasteiger partial charge in [0.05, 0.1) is 31.8 Å². The molecule has 11 heteroatoms. The Balaban J connectivity index is 2.03. The fourth-order valence-corrected chi connectivity index (χ4v) is 2.75. The summed E-state index contributed by atoms with van der Waals surface area (Å²) in [6.45, 7) is -0.600. The van der Waals surface area contributed by atoms with E-state index in [1.54, 1.807) is 48.5 Å². The first kappa shape index (κ1) is 23.3. The maximum atomic E-state index is 14.8. The summed E-state index contributed by atoms with van der Waals surface area (Å²) in [5.74, 6) is -1.42. The van der Waals surface area contributed by atoms with E-state index in [0.717, 1.165) is 6.20 Å². The van der Waals surface area contributed by atoms with Crippen LogP contribution in [0.2, 0.25) is 0 Å². The number of hydrogen-bond donors (Lipinski definition) is 1. The van der Waals surface area contributed by atoms with Gasteiger partial charge in [-0.15, -0.1) is 0 Å². The molecule has 0 fully saturated rings. The summed E-state index contributed by atoms with van der Waals surface area (Å²) in [6.07, 6.45) is 0.958. The van der Waals surface area contributed by atoms with E-state index in [-0.39, 0.29) is 25.0 Å². The molecule has 0 saturated heterocycles. The first-order valence-electron chi connectivity index (χ1n) is 9.58. The minimum atomic E-state index is -0.731. The lowest BCUT2D eigenvalue weighted by Crippen LogP contribution is -2.16. The zero-order valence-electron chi connectivity index (χ0n) is 17.9. The van der Waals surface area contributed by atoms with Crippen molar-refractivity contribution < 1.29 is 32.9 Å². The Kier molecular flexibility index (Phi) is 7.58. The monoisotopic (exact) mass is 456 g/mol. The number of carbonyl (C=O) groups is 2. The molecule has 0 radical (unpaired) electrons. The molecular weight excluding hydrogens is 435 g/mol. The summed E-state index contributed by atoms with van der Waals surface area (Å²) >= 11 is 0. The number of ether oxygens (including phenoxy) is 4. The van der Waals surface area contributed by atoms with E-state index in [1.807, 2.05) is 0 Å². The van der Waals surface area contributed by atoms with Crippen LogP contribution in [0.25, 0.3) is 0 Å². The lowest BCUT2D eigenvalue weighted by atomic mass is 10.2. The van der Waals surface area contributed by atoms with Crippen LogP contribution >= 0.6 is 0 Å². The van der Waals surface area contributed by atoms with Gasteiger partial charge in [-0.25, -0.2) is 19.0 Å². The van der Waals surface area contributed by atoms with Crippen LogP contribution in [0.5, 0.6) is 11.5 Å². The van der Waals surface area contributed by atoms with E-state index in [2.05, 4.69) is 19.4 Å². The molecule has 0 bridgehead atoms. The predicted octanol–water partition coefficient (Wildman–Crippen LogP) is 2.77. The van der Waals surface area contributed by atoms with Crippen LogP contribution in [0.15, 0.2) is 54.7 Å². The third-order valence-electron chi connectivity index (χ3n) is 4.28. The zero-order valence-corrected chi connectivity index (χ0v) is 17.9. The quantitative estimate of drug-likeness (QED) is 0.480. The van der Waals surface area contributed by atoms with Gasteiger partial charge in [-0.05, 0) is 24.3 Å². The molecule has 2 N–H and O–H groups in total. The maximum absolute atomic E-state index is 14.8. The van der Waals surface area contributed by atoms with Gasteiger partial charge in [0.2, 0.25) is 5.95 Å². The van der Waals surface area contributed by atoms with Crippen LogP contribution in [-0.2, 0) is 19.1 Å². The highest BCUT2D eigenvalue weighted by Crippen LogP contribution is 2.37. The van der Waals surface area contributed by atoms with Crippen LogP contribution in [0.4, 0.5) is 27.5 Å². The van der Waals surface area contributed by atoms with E-state index in [0.29, 0.717) is 22.9 Å². The van der Waals surface area contributed by atoms with Crippen molar-refractivity contribution in [1.29, 1.82) is 0 Å². The Labute approximate surface area is 188 Å². The number of carbonyl (C=O) groups excluding carboxylic acids is 2. The van der Waals surface area contributed by atoms with Crippen molar-refractivity contribution in [1.82, 2.24) is 9.97 Å². The fraction of sp³-hybridized carbons (Fsp3) is 0.182. The van der Waals surface area contributed by atoms with Crippen molar-refractivity contribution in [3.8, 4) is 11.5 Å². The first-order chi connectivity index (χ1) is 15.9. The largest absolute Gasteiger partial charge is 0.482 e. The number of anilines is 4. The normalized spacial score (nSPS) is 10.3. The number of aromatic nitrogens is 2. The van der Waals surface area contributed by atoms with Crippen molar-refractivity contribution in [3.63, 3.8) is 0 Å². The van der Waals surface area contributed by atoms with Gasteiger partial charge in [0.1, 0.15) is 11.5 Å². The van der Waals surface area contributed by atoms with Gasteiger partial charge in [0.15, 0.2) is 24.8 Å². The van der Waals surface area contributed by atoms with Gasteiger partial charge in [-0.1, -0.05) is 12.1 Å². The second kappa shape index (κ2) is 10.8. The molecule has 1 aromatic heterocycles. The number of methoxy groups -OCH3 is 2. The summed E-state index contributed by atoms with van der Waals surface area (Å²) in [5.41, 5.74) is 6.59. The number of rotatable bonds is 9. The summed E-state index contributed by atoms with van der Waals surface area (Å²) < 4.78 is 34.8. The smallest absolute Gasteiger partial charge is 0.343 e. The highest BCUT2D eigenvalue weighted by molar-refractivity contribution is 5.77. The Morgan fingerprint density at radius 3 is 1.94 bits per heavy atom. The SMILES string of the molecule is COC(=O)COc1cccc(N(c2cccc(OCC(=O)OC)c2)c2nc(N)ncc2F)c1. The molecule has 0 amide bonds. The maximum Gasteiger partial charge on any atom is 0.343 e. The van der Waals surface area contributed by atoms with E-state index in [9.17, 15) is 14.0 Å². The van der Waals surface area contributed by atoms with Crippen molar-refractivity contribution in [2.45, 2.75) is 0 Å². The zero-order chi connectivity index (χ0) is 23.8. The topological polar surface area (TPSA) is 126 Å². The molecule has 3 aromatic rings. The summed E-state index contributed by atoms with van der Waals surface area (Å²) in [7, 11) is 2.50. The number of nitrogens with two attached hydrogens (primary N) is 1. The molecule has 3 rings (SSSR count). The first-order valence-corrected chi connectivity index (χ1v) is 9.58. The lowest BCUT2D eigenvalue weighted by Gasteiger charge is -2.25. The van der Waals surface area contributed by atoms with Crippen LogP contribution in [0.3, 0.4) is 0 Å². The van der Waals surface area contributed by atoms with Crippen LogP contribution in [0, 0.1) is 5.82 Å². The Bertz CT molecular complexity index is 1080. The van der Waals surface area contributed by atoms with Gasteiger partial charge in [-0.2, -0.15) is 4.98 Å². The van der Waals surface area contributed by atoms with Gasteiger partial charge >= 0.3 is 11.9 Å². The van der Waals surface area contributed by atoms with Crippen molar-refractivity contribution in [2.24, 2.45) is 0 Å². The fourth-order valence-electron chi connectivity index (χ4n) is 2.75. The minimum absolute atomic E-state index is 0.127. The van der Waals surface area contributed by atoms with Gasteiger partial charge in [-0.3, -0.25) is 4.90 Å². The van der Waals surface area contributed by atoms with Gasteiger partial charge in [0, 0.05) is 12.1 Å². The molecule has 2 aromatic carbocycles.